The van der Waals surface area contributed by atoms with E-state index in [1.54, 1.807) is 12.4 Å². The molecule has 0 saturated heterocycles. The molecule has 3 N–H and O–H groups in total. The number of nitrogens with one attached hydrogen (secondary N) is 1. The van der Waals surface area contributed by atoms with E-state index in [0.29, 0.717) is 11.6 Å². The Morgan fingerprint density at radius 1 is 1.12 bits per heavy atom. The van der Waals surface area contributed by atoms with Crippen molar-refractivity contribution in [2.24, 2.45) is 0 Å². The van der Waals surface area contributed by atoms with Gasteiger partial charge in [-0.05, 0) is 29.7 Å². The number of nitrogen functional groups attached to an aromatic ring is 1. The Hall–Kier alpha value is -2.03. The fourth-order valence-corrected chi connectivity index (χ4v) is 1.67. The van der Waals surface area contributed by atoms with Crippen LogP contribution in [0.3, 0.4) is 0 Å². The van der Waals surface area contributed by atoms with Crippen molar-refractivity contribution in [3.8, 4) is 0 Å². The predicted molar refractivity (Wildman–Crippen MR) is 72.5 cm³/mol. The Balaban J connectivity index is 2.21. The molecule has 0 amide bonds. The van der Waals surface area contributed by atoms with Crippen molar-refractivity contribution in [3.05, 3.63) is 48.3 Å². The molecule has 17 heavy (non-hydrogen) atoms. The van der Waals surface area contributed by atoms with E-state index in [0.717, 1.165) is 11.4 Å². The zero-order valence-corrected chi connectivity index (χ0v) is 10.1. The van der Waals surface area contributed by atoms with Gasteiger partial charge >= 0.3 is 0 Å². The van der Waals surface area contributed by atoms with E-state index in [1.807, 2.05) is 12.1 Å². The zero-order valence-electron chi connectivity index (χ0n) is 10.1. The third kappa shape index (κ3) is 2.97. The molecule has 0 atom stereocenters. The summed E-state index contributed by atoms with van der Waals surface area (Å²) in [5.74, 6) is 0.524. The Kier molecular flexibility index (Phi) is 3.28. The Morgan fingerprint density at radius 3 is 2.65 bits per heavy atom. The molecule has 88 valence electrons. The molecular formula is C14H17N3. The SMILES string of the molecule is CC(C)c1cccc(Nc2cncc(N)c2)c1. The largest absolute Gasteiger partial charge is 0.397 e. The van der Waals surface area contributed by atoms with E-state index in [9.17, 15) is 0 Å². The molecule has 3 nitrogen and oxygen atoms in total. The summed E-state index contributed by atoms with van der Waals surface area (Å²) in [4.78, 5) is 4.05. The van der Waals surface area contributed by atoms with Crippen molar-refractivity contribution in [1.82, 2.24) is 4.98 Å². The molecule has 0 saturated carbocycles. The van der Waals surface area contributed by atoms with Crippen LogP contribution in [0.2, 0.25) is 0 Å². The van der Waals surface area contributed by atoms with Gasteiger partial charge in [0.2, 0.25) is 0 Å². The van der Waals surface area contributed by atoms with Crippen LogP contribution in [0, 0.1) is 0 Å². The molecule has 0 aliphatic carbocycles. The lowest BCUT2D eigenvalue weighted by atomic mass is 10.0. The van der Waals surface area contributed by atoms with Gasteiger partial charge in [-0.15, -0.1) is 0 Å². The van der Waals surface area contributed by atoms with Crippen LogP contribution in [0.1, 0.15) is 25.3 Å². The molecule has 0 spiro atoms. The minimum Gasteiger partial charge on any atom is -0.397 e. The second kappa shape index (κ2) is 4.87. The summed E-state index contributed by atoms with van der Waals surface area (Å²) in [5, 5.41) is 3.30. The summed E-state index contributed by atoms with van der Waals surface area (Å²) < 4.78 is 0. The van der Waals surface area contributed by atoms with Crippen molar-refractivity contribution >= 4 is 17.1 Å². The van der Waals surface area contributed by atoms with Crippen LogP contribution in [0.15, 0.2) is 42.7 Å². The highest BCUT2D eigenvalue weighted by Crippen LogP contribution is 2.22. The van der Waals surface area contributed by atoms with Crippen molar-refractivity contribution in [2.45, 2.75) is 19.8 Å². The molecule has 2 rings (SSSR count). The van der Waals surface area contributed by atoms with Crippen LogP contribution < -0.4 is 11.1 Å². The zero-order chi connectivity index (χ0) is 12.3. The molecule has 0 bridgehead atoms. The van der Waals surface area contributed by atoms with E-state index in [4.69, 9.17) is 5.73 Å². The van der Waals surface area contributed by atoms with Gasteiger partial charge in [-0.3, -0.25) is 4.98 Å². The normalized spacial score (nSPS) is 10.5. The van der Waals surface area contributed by atoms with Crippen LogP contribution >= 0.6 is 0 Å². The maximum absolute atomic E-state index is 5.69. The number of nitrogens with two attached hydrogens (primary N) is 1. The predicted octanol–water partition coefficient (Wildman–Crippen LogP) is 3.53. The van der Waals surface area contributed by atoms with Gasteiger partial charge in [0, 0.05) is 11.9 Å². The lowest BCUT2D eigenvalue weighted by Crippen LogP contribution is -1.95. The van der Waals surface area contributed by atoms with E-state index in [1.165, 1.54) is 5.56 Å². The van der Waals surface area contributed by atoms with Crippen LogP contribution in [-0.4, -0.2) is 4.98 Å². The van der Waals surface area contributed by atoms with Gasteiger partial charge < -0.3 is 11.1 Å². The number of aromatic nitrogens is 1. The lowest BCUT2D eigenvalue weighted by Gasteiger charge is -2.10. The topological polar surface area (TPSA) is 50.9 Å². The highest BCUT2D eigenvalue weighted by molar-refractivity contribution is 5.62. The second-order valence-electron chi connectivity index (χ2n) is 4.41. The fourth-order valence-electron chi connectivity index (χ4n) is 1.67. The number of hydrogen-bond donors (Lipinski definition) is 2. The Labute approximate surface area is 102 Å². The van der Waals surface area contributed by atoms with Gasteiger partial charge in [0.05, 0.1) is 17.6 Å². The average Bonchev–Trinajstić information content (AvgIpc) is 2.29. The maximum atomic E-state index is 5.69. The monoisotopic (exact) mass is 227 g/mol. The summed E-state index contributed by atoms with van der Waals surface area (Å²) >= 11 is 0. The smallest absolute Gasteiger partial charge is 0.0591 e. The average molecular weight is 227 g/mol. The molecule has 0 fully saturated rings. The van der Waals surface area contributed by atoms with E-state index in [2.05, 4.69) is 42.3 Å². The number of rotatable bonds is 3. The number of hydrogen-bond acceptors (Lipinski definition) is 3. The quantitative estimate of drug-likeness (QED) is 0.843. The van der Waals surface area contributed by atoms with Crippen molar-refractivity contribution < 1.29 is 0 Å². The van der Waals surface area contributed by atoms with E-state index < -0.39 is 0 Å². The standard InChI is InChI=1S/C14H17N3/c1-10(2)11-4-3-5-13(6-11)17-14-7-12(15)8-16-9-14/h3-10,17H,15H2,1-2H3. The first-order valence-electron chi connectivity index (χ1n) is 5.72. The van der Waals surface area contributed by atoms with E-state index >= 15 is 0 Å². The van der Waals surface area contributed by atoms with Gasteiger partial charge in [0.15, 0.2) is 0 Å². The van der Waals surface area contributed by atoms with Crippen LogP contribution in [0.4, 0.5) is 17.1 Å². The summed E-state index contributed by atoms with van der Waals surface area (Å²) in [6, 6.07) is 10.2. The van der Waals surface area contributed by atoms with E-state index in [-0.39, 0.29) is 0 Å². The molecule has 1 aromatic carbocycles. The summed E-state index contributed by atoms with van der Waals surface area (Å²) in [6.07, 6.45) is 3.40. The molecule has 0 aliphatic rings. The van der Waals surface area contributed by atoms with Gasteiger partial charge in [-0.2, -0.15) is 0 Å². The van der Waals surface area contributed by atoms with Gasteiger partial charge in [0.1, 0.15) is 0 Å². The van der Waals surface area contributed by atoms with Crippen LogP contribution in [0.25, 0.3) is 0 Å². The first-order valence-corrected chi connectivity index (χ1v) is 5.72. The van der Waals surface area contributed by atoms with Crippen LogP contribution in [0.5, 0.6) is 0 Å². The molecule has 0 aliphatic heterocycles. The number of pyridine rings is 1. The highest BCUT2D eigenvalue weighted by Gasteiger charge is 2.01. The van der Waals surface area contributed by atoms with Gasteiger partial charge in [-0.1, -0.05) is 26.0 Å². The van der Waals surface area contributed by atoms with Gasteiger partial charge in [0.25, 0.3) is 0 Å². The minimum atomic E-state index is 0.524. The summed E-state index contributed by atoms with van der Waals surface area (Å²) in [6.45, 7) is 4.36. The minimum absolute atomic E-state index is 0.524. The molecule has 1 heterocycles. The van der Waals surface area contributed by atoms with Crippen molar-refractivity contribution in [1.29, 1.82) is 0 Å². The summed E-state index contributed by atoms with van der Waals surface area (Å²) in [7, 11) is 0. The Bertz CT molecular complexity index is 506. The second-order valence-corrected chi connectivity index (χ2v) is 4.41. The fraction of sp³-hybridized carbons (Fsp3) is 0.214. The van der Waals surface area contributed by atoms with Crippen molar-refractivity contribution in [2.75, 3.05) is 11.1 Å². The lowest BCUT2D eigenvalue weighted by molar-refractivity contribution is 0.867. The molecular weight excluding hydrogens is 210 g/mol. The van der Waals surface area contributed by atoms with Crippen molar-refractivity contribution in [3.63, 3.8) is 0 Å². The molecule has 0 unspecified atom stereocenters. The first-order chi connectivity index (χ1) is 8.15. The number of anilines is 3. The Morgan fingerprint density at radius 2 is 1.94 bits per heavy atom. The van der Waals surface area contributed by atoms with Crippen LogP contribution in [-0.2, 0) is 0 Å². The summed E-state index contributed by atoms with van der Waals surface area (Å²) in [5.41, 5.74) is 9.63. The number of benzene rings is 1. The maximum Gasteiger partial charge on any atom is 0.0591 e. The van der Waals surface area contributed by atoms with Gasteiger partial charge in [-0.25, -0.2) is 0 Å². The third-order valence-corrected chi connectivity index (χ3v) is 2.60. The highest BCUT2D eigenvalue weighted by atomic mass is 14.9. The molecule has 3 heteroatoms. The first kappa shape index (κ1) is 11.5. The number of nitrogens with zero attached hydrogens (tertiary/aromatic N) is 1. The third-order valence-electron chi connectivity index (χ3n) is 2.60. The molecule has 2 aromatic rings. The molecule has 0 radical (unpaired) electrons. The molecule has 1 aromatic heterocycles.